The maximum atomic E-state index is 11.8. The molecule has 88 valence electrons. The van der Waals surface area contributed by atoms with Crippen molar-refractivity contribution in [1.82, 2.24) is 5.01 Å². The maximum Gasteiger partial charge on any atom is 0.433 e. The highest BCUT2D eigenvalue weighted by Gasteiger charge is 2.21. The van der Waals surface area contributed by atoms with Crippen LogP contribution in [0.3, 0.4) is 0 Å². The first-order chi connectivity index (χ1) is 8.33. The summed E-state index contributed by atoms with van der Waals surface area (Å²) in [6.07, 6.45) is 4.79. The molecule has 0 atom stereocenters. The number of methoxy groups -OCH3 is 1. The van der Waals surface area contributed by atoms with E-state index < -0.39 is 6.09 Å². The molecule has 0 fully saturated rings. The number of hydrogen-bond acceptors (Lipinski definition) is 4. The zero-order chi connectivity index (χ0) is 12.1. The molecule has 0 N–H and O–H groups in total. The highest BCUT2D eigenvalue weighted by molar-refractivity contribution is 5.87. The molecule has 17 heavy (non-hydrogen) atoms. The predicted molar refractivity (Wildman–Crippen MR) is 65.7 cm³/mol. The number of aliphatic imine (C=N–C) groups is 1. The largest absolute Gasteiger partial charge is 0.451 e. The smallest absolute Gasteiger partial charge is 0.433 e. The lowest BCUT2D eigenvalue weighted by Gasteiger charge is -2.32. The first-order valence-electron chi connectivity index (χ1n) is 5.19. The van der Waals surface area contributed by atoms with Gasteiger partial charge in [0.15, 0.2) is 0 Å². The summed E-state index contributed by atoms with van der Waals surface area (Å²) in [5.74, 6) is 0. The van der Waals surface area contributed by atoms with E-state index in [1.807, 2.05) is 30.3 Å². The molecule has 0 saturated heterocycles. The molecule has 0 saturated carbocycles. The van der Waals surface area contributed by atoms with Crippen LogP contribution in [0.25, 0.3) is 0 Å². The minimum Gasteiger partial charge on any atom is -0.451 e. The zero-order valence-corrected chi connectivity index (χ0v) is 9.48. The summed E-state index contributed by atoms with van der Waals surface area (Å²) in [4.78, 5) is 15.9. The maximum absolute atomic E-state index is 11.8. The Balaban J connectivity index is 2.28. The van der Waals surface area contributed by atoms with Gasteiger partial charge in [-0.3, -0.25) is 10.0 Å². The molecule has 0 bridgehead atoms. The molecule has 5 heteroatoms. The number of hydrazine groups is 1. The van der Waals surface area contributed by atoms with Crippen LogP contribution in [-0.4, -0.2) is 31.1 Å². The SMILES string of the molecule is COC(=O)N(c1ccccc1)N1C=CC=NC1. The molecule has 0 spiro atoms. The van der Waals surface area contributed by atoms with Gasteiger partial charge in [-0.15, -0.1) is 0 Å². The summed E-state index contributed by atoms with van der Waals surface area (Å²) in [6.45, 7) is 0.389. The van der Waals surface area contributed by atoms with E-state index in [9.17, 15) is 4.79 Å². The number of carbonyl (C=O) groups is 1. The van der Waals surface area contributed by atoms with E-state index in [0.29, 0.717) is 6.67 Å². The molecule has 0 aromatic heterocycles. The number of allylic oxidation sites excluding steroid dienone is 1. The predicted octanol–water partition coefficient (Wildman–Crippen LogP) is 2.03. The van der Waals surface area contributed by atoms with Gasteiger partial charge in [-0.1, -0.05) is 18.2 Å². The normalized spacial score (nSPS) is 13.6. The number of hydrogen-bond donors (Lipinski definition) is 0. The molecular formula is C12H13N3O2. The van der Waals surface area contributed by atoms with E-state index in [1.165, 1.54) is 12.1 Å². The molecule has 0 radical (unpaired) electrons. The number of anilines is 1. The molecular weight excluding hydrogens is 218 g/mol. The van der Waals surface area contributed by atoms with Crippen molar-refractivity contribution in [1.29, 1.82) is 0 Å². The monoisotopic (exact) mass is 231 g/mol. The van der Waals surface area contributed by atoms with Crippen molar-refractivity contribution < 1.29 is 9.53 Å². The number of carbonyl (C=O) groups excluding carboxylic acids is 1. The van der Waals surface area contributed by atoms with E-state index in [1.54, 1.807) is 23.5 Å². The summed E-state index contributed by atoms with van der Waals surface area (Å²) in [6, 6.07) is 9.29. The number of para-hydroxylation sites is 1. The Morgan fingerprint density at radius 2 is 2.18 bits per heavy atom. The van der Waals surface area contributed by atoms with Crippen LogP contribution in [0, 0.1) is 0 Å². The summed E-state index contributed by atoms with van der Waals surface area (Å²) in [5.41, 5.74) is 0.737. The van der Waals surface area contributed by atoms with Crippen LogP contribution in [0.2, 0.25) is 0 Å². The van der Waals surface area contributed by atoms with Gasteiger partial charge in [-0.2, -0.15) is 5.01 Å². The molecule has 1 heterocycles. The molecule has 1 aliphatic heterocycles. The van der Waals surface area contributed by atoms with E-state index in [4.69, 9.17) is 4.74 Å². The molecule has 0 unspecified atom stereocenters. The van der Waals surface area contributed by atoms with Crippen molar-refractivity contribution in [3.63, 3.8) is 0 Å². The average Bonchev–Trinajstić information content (AvgIpc) is 2.41. The number of nitrogens with zero attached hydrogens (tertiary/aromatic N) is 3. The van der Waals surface area contributed by atoms with Gasteiger partial charge in [0.05, 0.1) is 12.8 Å². The average molecular weight is 231 g/mol. The Hall–Kier alpha value is -2.30. The van der Waals surface area contributed by atoms with Crippen molar-refractivity contribution in [3.8, 4) is 0 Å². The lowest BCUT2D eigenvalue weighted by molar-refractivity contribution is 0.161. The number of rotatable bonds is 2. The molecule has 2 rings (SSSR count). The van der Waals surface area contributed by atoms with Gasteiger partial charge in [-0.05, 0) is 18.2 Å². The Bertz CT molecular complexity index is 442. The third-order valence-corrected chi connectivity index (χ3v) is 2.28. The van der Waals surface area contributed by atoms with Gasteiger partial charge in [0.2, 0.25) is 0 Å². The van der Waals surface area contributed by atoms with Crippen LogP contribution >= 0.6 is 0 Å². The minimum absolute atomic E-state index is 0.389. The fourth-order valence-electron chi connectivity index (χ4n) is 1.52. The van der Waals surface area contributed by atoms with Gasteiger partial charge in [0.25, 0.3) is 0 Å². The highest BCUT2D eigenvalue weighted by atomic mass is 16.5. The molecule has 1 aliphatic rings. The van der Waals surface area contributed by atoms with Crippen LogP contribution in [0.5, 0.6) is 0 Å². The third kappa shape index (κ3) is 2.44. The molecule has 5 nitrogen and oxygen atoms in total. The van der Waals surface area contributed by atoms with Crippen molar-refractivity contribution in [2.24, 2.45) is 4.99 Å². The van der Waals surface area contributed by atoms with Gasteiger partial charge in [-0.25, -0.2) is 4.79 Å². The van der Waals surface area contributed by atoms with E-state index in [2.05, 4.69) is 4.99 Å². The fourth-order valence-corrected chi connectivity index (χ4v) is 1.52. The van der Waals surface area contributed by atoms with Crippen molar-refractivity contribution in [2.75, 3.05) is 18.8 Å². The Labute approximate surface area is 99.6 Å². The standard InChI is InChI=1S/C12H13N3O2/c1-17-12(16)15(11-6-3-2-4-7-11)14-9-5-8-13-10-14/h2-9H,10H2,1H3. The summed E-state index contributed by atoms with van der Waals surface area (Å²) < 4.78 is 4.78. The summed E-state index contributed by atoms with van der Waals surface area (Å²) >= 11 is 0. The van der Waals surface area contributed by atoms with Gasteiger partial charge in [0, 0.05) is 12.4 Å². The van der Waals surface area contributed by atoms with Gasteiger partial charge < -0.3 is 4.74 Å². The quantitative estimate of drug-likeness (QED) is 0.782. The van der Waals surface area contributed by atoms with E-state index in [0.717, 1.165) is 5.69 Å². The molecule has 1 aromatic rings. The van der Waals surface area contributed by atoms with Crippen LogP contribution in [0.4, 0.5) is 10.5 Å². The first-order valence-corrected chi connectivity index (χ1v) is 5.19. The Morgan fingerprint density at radius 1 is 1.41 bits per heavy atom. The van der Waals surface area contributed by atoms with Crippen molar-refractivity contribution in [2.45, 2.75) is 0 Å². The van der Waals surface area contributed by atoms with Gasteiger partial charge in [0.1, 0.15) is 6.67 Å². The second-order valence-electron chi connectivity index (χ2n) is 3.37. The first kappa shape index (κ1) is 11.2. The summed E-state index contributed by atoms with van der Waals surface area (Å²) in [7, 11) is 1.36. The zero-order valence-electron chi connectivity index (χ0n) is 9.48. The van der Waals surface area contributed by atoms with Crippen molar-refractivity contribution >= 4 is 18.0 Å². The van der Waals surface area contributed by atoms with Crippen molar-refractivity contribution in [3.05, 3.63) is 42.6 Å². The molecule has 1 amide bonds. The number of benzene rings is 1. The van der Waals surface area contributed by atoms with Crippen LogP contribution in [-0.2, 0) is 4.74 Å². The second-order valence-corrected chi connectivity index (χ2v) is 3.37. The van der Waals surface area contributed by atoms with Gasteiger partial charge >= 0.3 is 6.09 Å². The van der Waals surface area contributed by atoms with E-state index >= 15 is 0 Å². The molecule has 0 aliphatic carbocycles. The second kappa shape index (κ2) is 5.16. The van der Waals surface area contributed by atoms with Crippen LogP contribution in [0.1, 0.15) is 0 Å². The lowest BCUT2D eigenvalue weighted by atomic mass is 10.3. The number of amides is 1. The lowest BCUT2D eigenvalue weighted by Crippen LogP contribution is -2.44. The topological polar surface area (TPSA) is 45.1 Å². The highest BCUT2D eigenvalue weighted by Crippen LogP contribution is 2.18. The third-order valence-electron chi connectivity index (χ3n) is 2.28. The fraction of sp³-hybridized carbons (Fsp3) is 0.167. The van der Waals surface area contributed by atoms with E-state index in [-0.39, 0.29) is 0 Å². The Morgan fingerprint density at radius 3 is 2.76 bits per heavy atom. The molecule has 1 aromatic carbocycles. The minimum atomic E-state index is -0.446. The van der Waals surface area contributed by atoms with Crippen LogP contribution in [0.15, 0.2) is 47.6 Å². The Kier molecular flexibility index (Phi) is 3.40. The van der Waals surface area contributed by atoms with Crippen LogP contribution < -0.4 is 5.01 Å². The number of ether oxygens (including phenoxy) is 1. The summed E-state index contributed by atoms with van der Waals surface area (Å²) in [5, 5.41) is 3.12.